The van der Waals surface area contributed by atoms with Crippen molar-refractivity contribution in [2.75, 3.05) is 6.66 Å². The molecule has 0 saturated heterocycles. The van der Waals surface area contributed by atoms with Gasteiger partial charge in [0, 0.05) is 5.30 Å². The Morgan fingerprint density at radius 3 is 2.62 bits per heavy atom. The summed E-state index contributed by atoms with van der Waals surface area (Å²) in [5.41, 5.74) is 3.56. The maximum atomic E-state index is 12.1. The molecule has 0 aliphatic carbocycles. The van der Waals surface area contributed by atoms with Gasteiger partial charge in [-0.3, -0.25) is 0 Å². The smallest absolute Gasteiger partial charge is 0.134 e. The van der Waals surface area contributed by atoms with E-state index in [1.807, 2.05) is 31.5 Å². The highest BCUT2D eigenvalue weighted by molar-refractivity contribution is 7.74. The maximum Gasteiger partial charge on any atom is 0.134 e. The highest BCUT2D eigenvalue weighted by atomic mass is 31.2. The zero-order chi connectivity index (χ0) is 9.64. The van der Waals surface area contributed by atoms with Crippen LogP contribution in [0.2, 0.25) is 0 Å². The van der Waals surface area contributed by atoms with Gasteiger partial charge in [0.2, 0.25) is 0 Å². The molecular formula is C11H13OP. The minimum atomic E-state index is -2.17. The number of hydrogen-bond acceptors (Lipinski definition) is 1. The molecule has 0 fully saturated rings. The molecule has 1 aliphatic rings. The van der Waals surface area contributed by atoms with E-state index in [1.165, 1.54) is 11.1 Å². The quantitative estimate of drug-likeness (QED) is 0.577. The van der Waals surface area contributed by atoms with Crippen LogP contribution in [0.3, 0.4) is 0 Å². The SMILES string of the molecule is CC1=CP(C)(=O)c2ccc(C)cc21. The molecule has 0 amide bonds. The van der Waals surface area contributed by atoms with E-state index in [9.17, 15) is 4.57 Å². The summed E-state index contributed by atoms with van der Waals surface area (Å²) in [6, 6.07) is 6.14. The number of fused-ring (bicyclic) bond motifs is 1. The summed E-state index contributed by atoms with van der Waals surface area (Å²) in [7, 11) is -2.17. The third-order valence-electron chi connectivity index (χ3n) is 2.50. The van der Waals surface area contributed by atoms with E-state index in [-0.39, 0.29) is 0 Å². The minimum absolute atomic E-state index is 1.02. The first-order chi connectivity index (χ1) is 6.00. The fraction of sp³-hybridized carbons (Fsp3) is 0.273. The highest BCUT2D eigenvalue weighted by Gasteiger charge is 2.26. The third-order valence-corrected chi connectivity index (χ3v) is 4.72. The summed E-state index contributed by atoms with van der Waals surface area (Å²) in [6.07, 6.45) is 0. The van der Waals surface area contributed by atoms with Crippen LogP contribution in [0, 0.1) is 6.92 Å². The van der Waals surface area contributed by atoms with Crippen molar-refractivity contribution in [2.24, 2.45) is 0 Å². The van der Waals surface area contributed by atoms with Crippen LogP contribution >= 0.6 is 7.14 Å². The first-order valence-electron chi connectivity index (χ1n) is 4.39. The van der Waals surface area contributed by atoms with Crippen molar-refractivity contribution in [1.82, 2.24) is 0 Å². The molecule has 68 valence electrons. The first-order valence-corrected chi connectivity index (χ1v) is 6.61. The fourth-order valence-corrected chi connectivity index (χ4v) is 3.97. The lowest BCUT2D eigenvalue weighted by Gasteiger charge is -2.06. The Bertz CT molecular complexity index is 443. The van der Waals surface area contributed by atoms with Gasteiger partial charge in [-0.05, 0) is 37.5 Å². The number of allylic oxidation sites excluding steroid dienone is 1. The second-order valence-electron chi connectivity index (χ2n) is 3.82. The Labute approximate surface area is 78.9 Å². The van der Waals surface area contributed by atoms with Crippen molar-refractivity contribution in [3.05, 3.63) is 35.1 Å². The fourth-order valence-electron chi connectivity index (χ4n) is 1.86. The van der Waals surface area contributed by atoms with Gasteiger partial charge in [0.1, 0.15) is 7.14 Å². The zero-order valence-corrected chi connectivity index (χ0v) is 9.06. The van der Waals surface area contributed by atoms with E-state index in [0.717, 1.165) is 10.9 Å². The summed E-state index contributed by atoms with van der Waals surface area (Å²) in [5, 5.41) is 1.02. The molecule has 1 aromatic rings. The third kappa shape index (κ3) is 1.28. The van der Waals surface area contributed by atoms with Gasteiger partial charge in [-0.15, -0.1) is 0 Å². The van der Waals surface area contributed by atoms with Gasteiger partial charge in [0.05, 0.1) is 0 Å². The van der Waals surface area contributed by atoms with Gasteiger partial charge in [0.15, 0.2) is 0 Å². The van der Waals surface area contributed by atoms with Crippen molar-refractivity contribution in [3.8, 4) is 0 Å². The number of rotatable bonds is 0. The second-order valence-corrected chi connectivity index (χ2v) is 6.54. The van der Waals surface area contributed by atoms with E-state index in [1.54, 1.807) is 0 Å². The normalized spacial score (nSPS) is 25.6. The number of aryl methyl sites for hydroxylation is 1. The predicted molar refractivity (Wildman–Crippen MR) is 58.0 cm³/mol. The molecule has 1 aromatic carbocycles. The number of hydrogen-bond donors (Lipinski definition) is 0. The first kappa shape index (κ1) is 8.77. The summed E-state index contributed by atoms with van der Waals surface area (Å²) >= 11 is 0. The lowest BCUT2D eigenvalue weighted by atomic mass is 10.1. The Balaban J connectivity index is 2.75. The largest absolute Gasteiger partial charge is 0.315 e. The Hall–Kier alpha value is -0.810. The van der Waals surface area contributed by atoms with Crippen LogP contribution in [0.15, 0.2) is 24.0 Å². The van der Waals surface area contributed by atoms with E-state index in [2.05, 4.69) is 13.0 Å². The molecule has 1 aliphatic heterocycles. The van der Waals surface area contributed by atoms with Crippen LogP contribution < -0.4 is 5.30 Å². The molecule has 0 aromatic heterocycles. The van der Waals surface area contributed by atoms with Gasteiger partial charge in [0.25, 0.3) is 0 Å². The molecule has 0 N–H and O–H groups in total. The highest BCUT2D eigenvalue weighted by Crippen LogP contribution is 2.50. The summed E-state index contributed by atoms with van der Waals surface area (Å²) in [6.45, 7) is 5.92. The molecule has 0 saturated carbocycles. The van der Waals surface area contributed by atoms with Gasteiger partial charge in [-0.2, -0.15) is 0 Å². The average molecular weight is 192 g/mol. The summed E-state index contributed by atoms with van der Waals surface area (Å²) in [4.78, 5) is 0. The van der Waals surface area contributed by atoms with Crippen LogP contribution in [0.1, 0.15) is 18.1 Å². The molecule has 0 spiro atoms. The van der Waals surface area contributed by atoms with Crippen LogP contribution in [0.5, 0.6) is 0 Å². The van der Waals surface area contributed by atoms with Crippen LogP contribution in [0.25, 0.3) is 5.57 Å². The number of benzene rings is 1. The Morgan fingerprint density at radius 2 is 1.92 bits per heavy atom. The van der Waals surface area contributed by atoms with Crippen molar-refractivity contribution in [2.45, 2.75) is 13.8 Å². The van der Waals surface area contributed by atoms with Gasteiger partial charge in [-0.25, -0.2) is 0 Å². The van der Waals surface area contributed by atoms with E-state index in [0.29, 0.717) is 0 Å². The van der Waals surface area contributed by atoms with Crippen molar-refractivity contribution >= 4 is 18.0 Å². The lowest BCUT2D eigenvalue weighted by molar-refractivity contribution is 0.590. The Morgan fingerprint density at radius 1 is 1.23 bits per heavy atom. The summed E-state index contributed by atoms with van der Waals surface area (Å²) in [5.74, 6) is 1.91. The topological polar surface area (TPSA) is 17.1 Å². The van der Waals surface area contributed by atoms with Crippen LogP contribution in [0.4, 0.5) is 0 Å². The Kier molecular flexibility index (Phi) is 1.75. The average Bonchev–Trinajstić information content (AvgIpc) is 2.22. The molecular weight excluding hydrogens is 179 g/mol. The lowest BCUT2D eigenvalue weighted by Crippen LogP contribution is -2.03. The molecule has 1 nitrogen and oxygen atoms in total. The molecule has 13 heavy (non-hydrogen) atoms. The van der Waals surface area contributed by atoms with Crippen molar-refractivity contribution in [3.63, 3.8) is 0 Å². The van der Waals surface area contributed by atoms with Crippen molar-refractivity contribution < 1.29 is 4.57 Å². The van der Waals surface area contributed by atoms with Gasteiger partial charge in [-0.1, -0.05) is 23.8 Å². The molecule has 1 heterocycles. The predicted octanol–water partition coefficient (Wildman–Crippen LogP) is 2.99. The van der Waals surface area contributed by atoms with E-state index >= 15 is 0 Å². The minimum Gasteiger partial charge on any atom is -0.315 e. The summed E-state index contributed by atoms with van der Waals surface area (Å²) < 4.78 is 12.1. The molecule has 1 atom stereocenters. The van der Waals surface area contributed by atoms with Crippen molar-refractivity contribution in [1.29, 1.82) is 0 Å². The standard InChI is InChI=1S/C11H13OP/c1-8-4-5-11-10(6-8)9(2)7-13(11,3)12/h4-7H,1-3H3. The molecule has 0 bridgehead atoms. The molecule has 0 radical (unpaired) electrons. The van der Waals surface area contributed by atoms with Crippen LogP contribution in [-0.2, 0) is 4.57 Å². The van der Waals surface area contributed by atoms with E-state index in [4.69, 9.17) is 0 Å². The molecule has 2 rings (SSSR count). The monoisotopic (exact) mass is 192 g/mol. The van der Waals surface area contributed by atoms with Gasteiger partial charge >= 0.3 is 0 Å². The molecule has 2 heteroatoms. The van der Waals surface area contributed by atoms with Gasteiger partial charge < -0.3 is 4.57 Å². The van der Waals surface area contributed by atoms with Crippen LogP contribution in [-0.4, -0.2) is 6.66 Å². The molecule has 1 unspecified atom stereocenters. The second kappa shape index (κ2) is 2.59. The maximum absolute atomic E-state index is 12.1. The van der Waals surface area contributed by atoms with E-state index < -0.39 is 7.14 Å². The zero-order valence-electron chi connectivity index (χ0n) is 8.16.